The number of amides is 2. The Bertz CT molecular complexity index is 1330. The molecule has 0 aromatic heterocycles. The molecule has 0 saturated heterocycles. The Hall–Kier alpha value is -4.29. The predicted octanol–water partition coefficient (Wildman–Crippen LogP) is 3.24. The molecule has 0 aliphatic rings. The predicted molar refractivity (Wildman–Crippen MR) is 130 cm³/mol. The van der Waals surface area contributed by atoms with Crippen LogP contribution in [0.15, 0.2) is 77.7 Å². The third kappa shape index (κ3) is 6.60. The summed E-state index contributed by atoms with van der Waals surface area (Å²) in [5.74, 6) is 2.05. The van der Waals surface area contributed by atoms with Gasteiger partial charge in [0.15, 0.2) is 0 Å². The van der Waals surface area contributed by atoms with Gasteiger partial charge in [-0.25, -0.2) is 8.42 Å². The fourth-order valence-corrected chi connectivity index (χ4v) is 4.06. The van der Waals surface area contributed by atoms with Gasteiger partial charge in [0.05, 0.1) is 18.0 Å². The van der Waals surface area contributed by atoms with Gasteiger partial charge in [0.2, 0.25) is 5.91 Å². The van der Waals surface area contributed by atoms with Crippen LogP contribution < -0.4 is 20.1 Å². The Morgan fingerprint density at radius 1 is 0.971 bits per heavy atom. The van der Waals surface area contributed by atoms with Crippen molar-refractivity contribution in [3.63, 3.8) is 0 Å². The number of rotatable bonds is 9. The zero-order valence-electron chi connectivity index (χ0n) is 18.4. The minimum absolute atomic E-state index is 0.0930. The smallest absolute Gasteiger partial charge is 0.261 e. The summed E-state index contributed by atoms with van der Waals surface area (Å²) in [5.41, 5.74) is 1.56. The highest BCUT2D eigenvalue weighted by molar-refractivity contribution is 7.92. The van der Waals surface area contributed by atoms with Crippen LogP contribution in [0.3, 0.4) is 0 Å². The quantitative estimate of drug-likeness (QED) is 0.410. The SMILES string of the molecule is C#Cc1cccc(NC(=O)CNC(=O)c2cccc(S(=O)(=O)Nc3ccc(OCC)cc3)c2)c1. The summed E-state index contributed by atoms with van der Waals surface area (Å²) in [5, 5.41) is 5.11. The highest BCUT2D eigenvalue weighted by Gasteiger charge is 2.17. The van der Waals surface area contributed by atoms with Crippen molar-refractivity contribution in [2.24, 2.45) is 0 Å². The Morgan fingerprint density at radius 2 is 1.71 bits per heavy atom. The molecular weight excluding hydrogens is 454 g/mol. The van der Waals surface area contributed by atoms with Crippen molar-refractivity contribution >= 4 is 33.2 Å². The lowest BCUT2D eigenvalue weighted by atomic mass is 10.2. The number of benzene rings is 3. The van der Waals surface area contributed by atoms with Crippen LogP contribution in [0.2, 0.25) is 0 Å². The monoisotopic (exact) mass is 477 g/mol. The average Bonchev–Trinajstić information content (AvgIpc) is 2.84. The Morgan fingerprint density at radius 3 is 2.41 bits per heavy atom. The fourth-order valence-electron chi connectivity index (χ4n) is 2.96. The molecule has 0 fully saturated rings. The maximum Gasteiger partial charge on any atom is 0.261 e. The largest absolute Gasteiger partial charge is 0.494 e. The second-order valence-electron chi connectivity index (χ2n) is 7.05. The lowest BCUT2D eigenvalue weighted by Gasteiger charge is -2.11. The van der Waals surface area contributed by atoms with Gasteiger partial charge in [-0.05, 0) is 67.6 Å². The molecule has 0 saturated carbocycles. The molecule has 3 aromatic carbocycles. The Kier molecular flexibility index (Phi) is 7.90. The first kappa shape index (κ1) is 24.4. The highest BCUT2D eigenvalue weighted by atomic mass is 32.2. The molecule has 0 heterocycles. The summed E-state index contributed by atoms with van der Waals surface area (Å²) in [7, 11) is -3.94. The minimum Gasteiger partial charge on any atom is -0.494 e. The molecule has 9 heteroatoms. The van der Waals surface area contributed by atoms with Gasteiger partial charge in [0.1, 0.15) is 5.75 Å². The lowest BCUT2D eigenvalue weighted by Crippen LogP contribution is -2.33. The van der Waals surface area contributed by atoms with E-state index in [9.17, 15) is 18.0 Å². The van der Waals surface area contributed by atoms with E-state index in [1.54, 1.807) is 48.5 Å². The molecule has 0 aliphatic carbocycles. The van der Waals surface area contributed by atoms with Gasteiger partial charge in [-0.2, -0.15) is 0 Å². The first-order valence-electron chi connectivity index (χ1n) is 10.3. The normalized spacial score (nSPS) is 10.6. The van der Waals surface area contributed by atoms with E-state index in [1.165, 1.54) is 24.3 Å². The summed E-state index contributed by atoms with van der Waals surface area (Å²) in [6.07, 6.45) is 5.34. The van der Waals surface area contributed by atoms with Crippen molar-refractivity contribution in [1.29, 1.82) is 0 Å². The Labute approximate surface area is 198 Å². The van der Waals surface area contributed by atoms with Gasteiger partial charge in [-0.15, -0.1) is 6.42 Å². The molecule has 0 atom stereocenters. The molecule has 0 spiro atoms. The average molecular weight is 478 g/mol. The van der Waals surface area contributed by atoms with E-state index in [0.717, 1.165) is 0 Å². The van der Waals surface area contributed by atoms with Gasteiger partial charge < -0.3 is 15.4 Å². The van der Waals surface area contributed by atoms with Crippen LogP contribution in [0, 0.1) is 12.3 Å². The van der Waals surface area contributed by atoms with E-state index >= 15 is 0 Å². The van der Waals surface area contributed by atoms with Crippen molar-refractivity contribution in [2.75, 3.05) is 23.2 Å². The van der Waals surface area contributed by atoms with Crippen LogP contribution in [-0.2, 0) is 14.8 Å². The van der Waals surface area contributed by atoms with Crippen LogP contribution >= 0.6 is 0 Å². The third-order valence-corrected chi connectivity index (χ3v) is 5.93. The summed E-state index contributed by atoms with van der Waals surface area (Å²) in [6, 6.07) is 18.7. The van der Waals surface area contributed by atoms with Crippen molar-refractivity contribution in [3.05, 3.63) is 83.9 Å². The number of carbonyl (C=O) groups excluding carboxylic acids is 2. The van der Waals surface area contributed by atoms with Crippen LogP contribution in [0.5, 0.6) is 5.75 Å². The molecule has 2 amide bonds. The van der Waals surface area contributed by atoms with E-state index in [2.05, 4.69) is 21.3 Å². The summed E-state index contributed by atoms with van der Waals surface area (Å²) < 4.78 is 33.3. The summed E-state index contributed by atoms with van der Waals surface area (Å²) in [4.78, 5) is 24.5. The standard InChI is InChI=1S/C25H23N3O5S/c1-3-18-7-5-9-21(15-18)27-24(29)17-26-25(30)19-8-6-10-23(16-19)34(31,32)28-20-11-13-22(14-12-20)33-4-2/h1,5-16,28H,4,17H2,2H3,(H,26,30)(H,27,29). The van der Waals surface area contributed by atoms with Gasteiger partial charge >= 0.3 is 0 Å². The highest BCUT2D eigenvalue weighted by Crippen LogP contribution is 2.20. The summed E-state index contributed by atoms with van der Waals surface area (Å²) >= 11 is 0. The number of anilines is 2. The molecule has 3 N–H and O–H groups in total. The van der Waals surface area contributed by atoms with Crippen molar-refractivity contribution in [3.8, 4) is 18.1 Å². The molecule has 174 valence electrons. The summed E-state index contributed by atoms with van der Waals surface area (Å²) in [6.45, 7) is 2.05. The molecule has 34 heavy (non-hydrogen) atoms. The van der Waals surface area contributed by atoms with E-state index in [0.29, 0.717) is 29.3 Å². The maximum absolute atomic E-state index is 12.8. The zero-order valence-corrected chi connectivity index (χ0v) is 19.2. The van der Waals surface area contributed by atoms with Gasteiger partial charge in [-0.1, -0.05) is 18.1 Å². The minimum atomic E-state index is -3.94. The topological polar surface area (TPSA) is 114 Å². The number of nitrogens with one attached hydrogen (secondary N) is 3. The van der Waals surface area contributed by atoms with Gasteiger partial charge in [-0.3, -0.25) is 14.3 Å². The van der Waals surface area contributed by atoms with Crippen LogP contribution in [0.25, 0.3) is 0 Å². The molecule has 3 rings (SSSR count). The molecule has 0 aliphatic heterocycles. The number of carbonyl (C=O) groups is 2. The molecular formula is C25H23N3O5S. The Balaban J connectivity index is 1.62. The lowest BCUT2D eigenvalue weighted by molar-refractivity contribution is -0.115. The van der Waals surface area contributed by atoms with Crippen molar-refractivity contribution in [2.45, 2.75) is 11.8 Å². The van der Waals surface area contributed by atoms with Crippen LogP contribution in [-0.4, -0.2) is 33.4 Å². The molecule has 8 nitrogen and oxygen atoms in total. The maximum atomic E-state index is 12.8. The molecule has 3 aromatic rings. The first-order valence-corrected chi connectivity index (χ1v) is 11.8. The third-order valence-electron chi connectivity index (χ3n) is 4.55. The molecule has 0 unspecified atom stereocenters. The van der Waals surface area contributed by atoms with Gasteiger partial charge in [0, 0.05) is 22.5 Å². The molecule has 0 radical (unpaired) electrons. The number of ether oxygens (including phenoxy) is 1. The second kappa shape index (κ2) is 11.0. The number of hydrogen-bond donors (Lipinski definition) is 3. The molecule has 0 bridgehead atoms. The van der Waals surface area contributed by atoms with Crippen LogP contribution in [0.4, 0.5) is 11.4 Å². The van der Waals surface area contributed by atoms with Gasteiger partial charge in [0.25, 0.3) is 15.9 Å². The van der Waals surface area contributed by atoms with Crippen molar-refractivity contribution < 1.29 is 22.7 Å². The van der Waals surface area contributed by atoms with E-state index in [-0.39, 0.29) is 17.0 Å². The first-order chi connectivity index (χ1) is 16.3. The van der Waals surface area contributed by atoms with E-state index < -0.39 is 21.8 Å². The zero-order chi connectivity index (χ0) is 24.6. The van der Waals surface area contributed by atoms with Crippen molar-refractivity contribution in [1.82, 2.24) is 5.32 Å². The number of sulfonamides is 1. The van der Waals surface area contributed by atoms with Crippen LogP contribution in [0.1, 0.15) is 22.8 Å². The van der Waals surface area contributed by atoms with E-state index in [1.807, 2.05) is 6.92 Å². The number of hydrogen-bond acceptors (Lipinski definition) is 5. The van der Waals surface area contributed by atoms with E-state index in [4.69, 9.17) is 11.2 Å². The number of terminal acetylenes is 1. The second-order valence-corrected chi connectivity index (χ2v) is 8.73. The fraction of sp³-hybridized carbons (Fsp3) is 0.120.